The summed E-state index contributed by atoms with van der Waals surface area (Å²) < 4.78 is 11.7. The Morgan fingerprint density at radius 3 is 3.12 bits per heavy atom. The number of fused-ring (bicyclic) bond motifs is 1. The molecule has 0 radical (unpaired) electrons. The van der Waals surface area contributed by atoms with Gasteiger partial charge in [-0.15, -0.1) is 11.3 Å². The van der Waals surface area contributed by atoms with Crippen LogP contribution in [0.3, 0.4) is 0 Å². The zero-order chi connectivity index (χ0) is 16.5. The van der Waals surface area contributed by atoms with Crippen molar-refractivity contribution in [2.45, 2.75) is 25.7 Å². The van der Waals surface area contributed by atoms with Gasteiger partial charge >= 0.3 is 0 Å². The third-order valence-corrected chi connectivity index (χ3v) is 5.37. The Labute approximate surface area is 143 Å². The minimum absolute atomic E-state index is 0.0294. The first-order valence-corrected chi connectivity index (χ1v) is 8.78. The molecule has 2 aromatic rings. The van der Waals surface area contributed by atoms with Crippen LogP contribution >= 0.6 is 11.3 Å². The van der Waals surface area contributed by atoms with Crippen LogP contribution in [0.5, 0.6) is 0 Å². The van der Waals surface area contributed by atoms with E-state index in [1.807, 2.05) is 17.2 Å². The maximum Gasteiger partial charge on any atom is 0.255 e. The van der Waals surface area contributed by atoms with Crippen LogP contribution in [0.4, 0.5) is 0 Å². The summed E-state index contributed by atoms with van der Waals surface area (Å²) >= 11 is 1.62. The molecule has 2 saturated heterocycles. The first-order valence-electron chi connectivity index (χ1n) is 7.90. The summed E-state index contributed by atoms with van der Waals surface area (Å²) in [5, 5.41) is 10.6. The Kier molecular flexibility index (Phi) is 4.26. The fourth-order valence-electron chi connectivity index (χ4n) is 3.36. The number of ether oxygens (including phenoxy) is 2. The van der Waals surface area contributed by atoms with Crippen LogP contribution in [0.2, 0.25) is 0 Å². The molecule has 2 aliphatic rings. The smallest absolute Gasteiger partial charge is 0.255 e. The van der Waals surface area contributed by atoms with E-state index >= 15 is 0 Å². The number of hydrogen-bond acceptors (Lipinski definition) is 7. The minimum Gasteiger partial charge on any atom is -0.379 e. The van der Waals surface area contributed by atoms with E-state index in [-0.39, 0.29) is 24.0 Å². The first-order chi connectivity index (χ1) is 11.7. The molecule has 0 aliphatic carbocycles. The van der Waals surface area contributed by atoms with Gasteiger partial charge in [-0.2, -0.15) is 10.2 Å². The Balaban J connectivity index is 1.46. The molecule has 24 heavy (non-hydrogen) atoms. The summed E-state index contributed by atoms with van der Waals surface area (Å²) in [6.45, 7) is 4.21. The van der Waals surface area contributed by atoms with Crippen LogP contribution in [-0.2, 0) is 16.1 Å². The predicted octanol–water partition coefficient (Wildman–Crippen LogP) is 1.30. The van der Waals surface area contributed by atoms with E-state index < -0.39 is 0 Å². The molecular weight excluding hydrogens is 328 g/mol. The SMILES string of the molecule is Cc1nc(CO[C@@H]2CN(C(=O)c3ccnnc3)[C@H]3COC[C@@H]23)cs1. The van der Waals surface area contributed by atoms with Crippen LogP contribution in [-0.4, -0.2) is 57.9 Å². The van der Waals surface area contributed by atoms with Crippen LogP contribution in [0.1, 0.15) is 21.1 Å². The molecule has 4 rings (SSSR count). The third kappa shape index (κ3) is 2.92. The quantitative estimate of drug-likeness (QED) is 0.830. The highest BCUT2D eigenvalue weighted by atomic mass is 32.1. The van der Waals surface area contributed by atoms with Crippen molar-refractivity contribution in [2.75, 3.05) is 19.8 Å². The zero-order valence-electron chi connectivity index (χ0n) is 13.3. The van der Waals surface area contributed by atoms with Crippen LogP contribution in [0.25, 0.3) is 0 Å². The number of carbonyl (C=O) groups excluding carboxylic acids is 1. The lowest BCUT2D eigenvalue weighted by Crippen LogP contribution is -2.38. The van der Waals surface area contributed by atoms with Crippen molar-refractivity contribution in [1.29, 1.82) is 0 Å². The monoisotopic (exact) mass is 346 g/mol. The average molecular weight is 346 g/mol. The Morgan fingerprint density at radius 1 is 1.46 bits per heavy atom. The van der Waals surface area contributed by atoms with E-state index in [0.29, 0.717) is 31.9 Å². The largest absolute Gasteiger partial charge is 0.379 e. The number of aryl methyl sites for hydroxylation is 1. The Hall–Kier alpha value is -1.90. The van der Waals surface area contributed by atoms with E-state index in [2.05, 4.69) is 15.2 Å². The fraction of sp³-hybridized carbons (Fsp3) is 0.500. The number of amides is 1. The maximum absolute atomic E-state index is 12.7. The minimum atomic E-state index is -0.0407. The van der Waals surface area contributed by atoms with Crippen molar-refractivity contribution in [3.8, 4) is 0 Å². The summed E-state index contributed by atoms with van der Waals surface area (Å²) in [6.07, 6.45) is 3.00. The standard InChI is InChI=1S/C16H18N4O3S/c1-10-19-12(9-24-10)6-23-15-5-20(14-8-22-7-13(14)15)16(21)11-2-3-17-18-4-11/h2-4,9,13-15H,5-8H2,1H3/t13-,14+,15-/m1/s1. The van der Waals surface area contributed by atoms with Gasteiger partial charge in [-0.05, 0) is 13.0 Å². The molecule has 2 aliphatic heterocycles. The lowest BCUT2D eigenvalue weighted by Gasteiger charge is -2.22. The van der Waals surface area contributed by atoms with Crippen LogP contribution in [0, 0.1) is 12.8 Å². The molecule has 8 heteroatoms. The molecule has 0 aromatic carbocycles. The van der Waals surface area contributed by atoms with Gasteiger partial charge in [-0.25, -0.2) is 4.98 Å². The third-order valence-electron chi connectivity index (χ3n) is 4.55. The van der Waals surface area contributed by atoms with E-state index in [0.717, 1.165) is 10.7 Å². The number of thiazole rings is 1. The highest BCUT2D eigenvalue weighted by Gasteiger charge is 2.48. The molecule has 2 fully saturated rings. The number of rotatable bonds is 4. The molecule has 0 unspecified atom stereocenters. The van der Waals surface area contributed by atoms with Gasteiger partial charge in [0.05, 0.1) is 60.6 Å². The summed E-state index contributed by atoms with van der Waals surface area (Å²) in [5.74, 6) is 0.171. The normalized spacial score (nSPS) is 25.9. The molecule has 3 atom stereocenters. The van der Waals surface area contributed by atoms with Gasteiger partial charge in [0, 0.05) is 17.8 Å². The molecule has 126 valence electrons. The van der Waals surface area contributed by atoms with Crippen molar-refractivity contribution in [3.05, 3.63) is 40.1 Å². The molecule has 0 bridgehead atoms. The van der Waals surface area contributed by atoms with Gasteiger partial charge < -0.3 is 14.4 Å². The second-order valence-corrected chi connectivity index (χ2v) is 7.13. The van der Waals surface area contributed by atoms with Gasteiger partial charge in [0.1, 0.15) is 0 Å². The van der Waals surface area contributed by atoms with E-state index in [9.17, 15) is 4.79 Å². The number of likely N-dealkylation sites (tertiary alicyclic amines) is 1. The number of aromatic nitrogens is 3. The predicted molar refractivity (Wildman–Crippen MR) is 86.6 cm³/mol. The number of nitrogens with zero attached hydrogens (tertiary/aromatic N) is 4. The molecule has 0 N–H and O–H groups in total. The number of hydrogen-bond donors (Lipinski definition) is 0. The zero-order valence-corrected chi connectivity index (χ0v) is 14.1. The van der Waals surface area contributed by atoms with Crippen LogP contribution in [0.15, 0.2) is 23.8 Å². The second-order valence-electron chi connectivity index (χ2n) is 6.06. The second kappa shape index (κ2) is 6.54. The maximum atomic E-state index is 12.7. The van der Waals surface area contributed by atoms with Crippen LogP contribution < -0.4 is 0 Å². The van der Waals surface area contributed by atoms with Crippen molar-refractivity contribution >= 4 is 17.2 Å². The van der Waals surface area contributed by atoms with Gasteiger partial charge in [0.2, 0.25) is 0 Å². The molecule has 0 saturated carbocycles. The van der Waals surface area contributed by atoms with Crippen molar-refractivity contribution in [2.24, 2.45) is 5.92 Å². The Bertz CT molecular complexity index is 723. The fourth-order valence-corrected chi connectivity index (χ4v) is 3.96. The van der Waals surface area contributed by atoms with Crippen molar-refractivity contribution in [1.82, 2.24) is 20.1 Å². The van der Waals surface area contributed by atoms with Gasteiger partial charge in [0.25, 0.3) is 5.91 Å². The van der Waals surface area contributed by atoms with E-state index in [1.165, 1.54) is 12.4 Å². The highest BCUT2D eigenvalue weighted by molar-refractivity contribution is 7.09. The summed E-state index contributed by atoms with van der Waals surface area (Å²) in [6, 6.07) is 1.75. The molecular formula is C16H18N4O3S. The average Bonchev–Trinajstić information content (AvgIpc) is 3.30. The molecule has 2 aromatic heterocycles. The topological polar surface area (TPSA) is 77.4 Å². The summed E-state index contributed by atoms with van der Waals surface area (Å²) in [5.41, 5.74) is 1.49. The lowest BCUT2D eigenvalue weighted by atomic mass is 10.0. The summed E-state index contributed by atoms with van der Waals surface area (Å²) in [4.78, 5) is 19.0. The Morgan fingerprint density at radius 2 is 2.38 bits per heavy atom. The molecule has 1 amide bonds. The molecule has 0 spiro atoms. The van der Waals surface area contributed by atoms with Crippen molar-refractivity contribution in [3.63, 3.8) is 0 Å². The lowest BCUT2D eigenvalue weighted by molar-refractivity contribution is 0.00816. The number of carbonyl (C=O) groups is 1. The molecule has 4 heterocycles. The van der Waals surface area contributed by atoms with Crippen molar-refractivity contribution < 1.29 is 14.3 Å². The molecule has 7 nitrogen and oxygen atoms in total. The van der Waals surface area contributed by atoms with E-state index in [4.69, 9.17) is 9.47 Å². The highest BCUT2D eigenvalue weighted by Crippen LogP contribution is 2.33. The summed E-state index contributed by atoms with van der Waals surface area (Å²) in [7, 11) is 0. The first kappa shape index (κ1) is 15.6. The van der Waals surface area contributed by atoms with Gasteiger partial charge in [-0.1, -0.05) is 0 Å². The van der Waals surface area contributed by atoms with Gasteiger partial charge in [0.15, 0.2) is 0 Å². The van der Waals surface area contributed by atoms with Gasteiger partial charge in [-0.3, -0.25) is 4.79 Å². The van der Waals surface area contributed by atoms with E-state index in [1.54, 1.807) is 17.4 Å².